The van der Waals surface area contributed by atoms with Crippen LogP contribution in [-0.2, 0) is 27.4 Å². The zero-order valence-electron chi connectivity index (χ0n) is 27.0. The van der Waals surface area contributed by atoms with Crippen LogP contribution < -0.4 is 10.6 Å². The summed E-state index contributed by atoms with van der Waals surface area (Å²) in [7, 11) is 0. The summed E-state index contributed by atoms with van der Waals surface area (Å²) >= 11 is 0. The van der Waals surface area contributed by atoms with Gasteiger partial charge in [0.15, 0.2) is 6.29 Å². The van der Waals surface area contributed by atoms with E-state index in [1.54, 1.807) is 24.5 Å². The largest absolute Gasteiger partial charge is 0.445 e. The third-order valence-corrected chi connectivity index (χ3v) is 7.28. The molecule has 45 heavy (non-hydrogen) atoms. The van der Waals surface area contributed by atoms with Crippen LogP contribution >= 0.6 is 0 Å². The van der Waals surface area contributed by atoms with Gasteiger partial charge in [-0.15, -0.1) is 0 Å². The molecule has 3 atom stereocenters. The van der Waals surface area contributed by atoms with Crippen LogP contribution in [0.2, 0.25) is 0 Å². The van der Waals surface area contributed by atoms with Crippen LogP contribution in [0.15, 0.2) is 59.4 Å². The van der Waals surface area contributed by atoms with Gasteiger partial charge in [-0.25, -0.2) is 4.79 Å². The first-order valence-electron chi connectivity index (χ1n) is 15.2. The lowest BCUT2D eigenvalue weighted by Gasteiger charge is -2.29. The number of alkyl carbamates (subject to hydrolysis) is 1. The third-order valence-electron chi connectivity index (χ3n) is 7.28. The maximum Gasteiger partial charge on any atom is 0.408 e. The lowest BCUT2D eigenvalue weighted by Crippen LogP contribution is -2.52. The highest BCUT2D eigenvalue weighted by atomic mass is 16.5. The fourth-order valence-electron chi connectivity index (χ4n) is 4.21. The van der Waals surface area contributed by atoms with Gasteiger partial charge in [-0.3, -0.25) is 19.4 Å². The van der Waals surface area contributed by atoms with Crippen molar-refractivity contribution in [1.29, 1.82) is 0 Å². The number of pyridine rings is 1. The summed E-state index contributed by atoms with van der Waals surface area (Å²) in [6.07, 6.45) is 6.62. The molecule has 1 aliphatic heterocycles. The fourth-order valence-corrected chi connectivity index (χ4v) is 4.21. The van der Waals surface area contributed by atoms with E-state index in [1.165, 1.54) is 0 Å². The van der Waals surface area contributed by atoms with E-state index in [4.69, 9.17) is 9.26 Å². The number of nitrogens with one attached hydrogen (secondary N) is 2. The van der Waals surface area contributed by atoms with Gasteiger partial charge in [0.25, 0.3) is 0 Å². The highest BCUT2D eigenvalue weighted by Gasteiger charge is 2.33. The number of hydrogen-bond acceptors (Lipinski definition) is 9. The molecule has 4 rings (SSSR count). The van der Waals surface area contributed by atoms with Crippen LogP contribution in [0, 0.1) is 11.8 Å². The molecule has 1 aliphatic rings. The predicted molar refractivity (Wildman–Crippen MR) is 169 cm³/mol. The quantitative estimate of drug-likeness (QED) is 0.292. The Balaban J connectivity index is 0.000000270. The summed E-state index contributed by atoms with van der Waals surface area (Å²) < 4.78 is 10.1. The van der Waals surface area contributed by atoms with Crippen LogP contribution in [0.25, 0.3) is 0 Å². The smallest absolute Gasteiger partial charge is 0.408 e. The zero-order chi connectivity index (χ0) is 33.2. The van der Waals surface area contributed by atoms with Crippen LogP contribution in [0.5, 0.6) is 0 Å². The monoisotopic (exact) mass is 622 g/mol. The number of carbonyl (C=O) groups is 4. The van der Waals surface area contributed by atoms with E-state index in [0.29, 0.717) is 30.6 Å². The van der Waals surface area contributed by atoms with Crippen molar-refractivity contribution in [1.82, 2.24) is 30.7 Å². The van der Waals surface area contributed by atoms with Crippen molar-refractivity contribution in [2.24, 2.45) is 11.8 Å². The number of benzene rings is 1. The summed E-state index contributed by atoms with van der Waals surface area (Å²) in [5.74, 6) is 1.06. The van der Waals surface area contributed by atoms with E-state index in [1.807, 2.05) is 62.9 Å². The molecule has 0 aliphatic carbocycles. The van der Waals surface area contributed by atoms with Crippen LogP contribution in [0.4, 0.5) is 4.79 Å². The van der Waals surface area contributed by atoms with Crippen molar-refractivity contribution in [2.75, 3.05) is 6.54 Å². The second kappa shape index (κ2) is 19.6. The van der Waals surface area contributed by atoms with Gasteiger partial charge < -0.3 is 24.8 Å². The molecule has 2 aromatic heterocycles. The number of aldehydes is 1. The molecule has 12 heteroatoms. The average molecular weight is 623 g/mol. The van der Waals surface area contributed by atoms with Crippen molar-refractivity contribution in [3.8, 4) is 0 Å². The van der Waals surface area contributed by atoms with Gasteiger partial charge in [-0.1, -0.05) is 63.2 Å². The first kappa shape index (κ1) is 36.6. The molecule has 1 saturated heterocycles. The van der Waals surface area contributed by atoms with Crippen molar-refractivity contribution in [3.63, 3.8) is 0 Å². The number of carbonyl (C=O) groups excluding carboxylic acids is 4. The summed E-state index contributed by atoms with van der Waals surface area (Å²) in [4.78, 5) is 54.4. The van der Waals surface area contributed by atoms with Crippen LogP contribution in [0.1, 0.15) is 82.0 Å². The maximum absolute atomic E-state index is 12.7. The van der Waals surface area contributed by atoms with E-state index in [0.717, 1.165) is 36.9 Å². The van der Waals surface area contributed by atoms with E-state index >= 15 is 0 Å². The van der Waals surface area contributed by atoms with Crippen molar-refractivity contribution in [3.05, 3.63) is 77.7 Å². The highest BCUT2D eigenvalue weighted by molar-refractivity contribution is 5.86. The molecule has 3 aromatic rings. The summed E-state index contributed by atoms with van der Waals surface area (Å²) in [5, 5.41) is 8.86. The molecule has 0 radical (unpaired) electrons. The molecule has 0 bridgehead atoms. The van der Waals surface area contributed by atoms with Gasteiger partial charge in [0, 0.05) is 31.0 Å². The lowest BCUT2D eigenvalue weighted by atomic mass is 10.0. The van der Waals surface area contributed by atoms with Crippen molar-refractivity contribution in [2.45, 2.75) is 85.5 Å². The minimum atomic E-state index is -0.569. The minimum Gasteiger partial charge on any atom is -0.445 e. The maximum atomic E-state index is 12.7. The Morgan fingerprint density at radius 3 is 2.22 bits per heavy atom. The Morgan fingerprint density at radius 2 is 1.71 bits per heavy atom. The molecule has 0 spiro atoms. The second-order valence-corrected chi connectivity index (χ2v) is 11.5. The van der Waals surface area contributed by atoms with E-state index < -0.39 is 12.1 Å². The Morgan fingerprint density at radius 1 is 1.02 bits per heavy atom. The first-order chi connectivity index (χ1) is 21.5. The SMILES string of the molecule is CC(C)C(C)NC=O.CC(C)C(NC(=O)OCc1ccncc1)C(=O)N1CCC[C@H]1C.O=Cc1noc(Cc2ccccc2)n1. The number of aromatic nitrogens is 3. The number of nitrogens with zero attached hydrogens (tertiary/aromatic N) is 4. The summed E-state index contributed by atoms with van der Waals surface area (Å²) in [6, 6.07) is 13.3. The molecule has 2 unspecified atom stereocenters. The summed E-state index contributed by atoms with van der Waals surface area (Å²) in [6.45, 7) is 12.9. The van der Waals surface area contributed by atoms with Gasteiger partial charge in [-0.05, 0) is 61.8 Å². The standard InChI is InChI=1S/C17H25N3O3.C10H8N2O2.C6H13NO/c1-12(2)15(16(21)20-10-4-5-13(20)3)19-17(22)23-11-14-6-8-18-9-7-14;13-7-9-11-10(14-12-9)6-8-4-2-1-3-5-8;1-5(2)6(3)7-4-8/h6-9,12-13,15H,4-5,10-11H2,1-3H3,(H,19,22);1-5,7H,6H2;4-6H,1-3H3,(H,7,8)/t13-,15?;;/m1../s1. The molecule has 1 fully saturated rings. The van der Waals surface area contributed by atoms with Crippen molar-refractivity contribution >= 4 is 24.7 Å². The lowest BCUT2D eigenvalue weighted by molar-refractivity contribution is -0.135. The molecule has 3 amide bonds. The Kier molecular flexibility index (Phi) is 16.0. The third kappa shape index (κ3) is 13.3. The van der Waals surface area contributed by atoms with Gasteiger partial charge >= 0.3 is 6.09 Å². The van der Waals surface area contributed by atoms with Crippen LogP contribution in [0.3, 0.4) is 0 Å². The van der Waals surface area contributed by atoms with E-state index in [2.05, 4.69) is 39.6 Å². The fraction of sp³-hybridized carbons (Fsp3) is 0.485. The predicted octanol–water partition coefficient (Wildman–Crippen LogP) is 4.59. The average Bonchev–Trinajstić information content (AvgIpc) is 3.68. The van der Waals surface area contributed by atoms with Crippen molar-refractivity contribution < 1.29 is 28.4 Å². The van der Waals surface area contributed by atoms with Gasteiger partial charge in [0.05, 0.1) is 6.42 Å². The normalized spacial score (nSPS) is 15.1. The number of amides is 3. The topological polar surface area (TPSA) is 157 Å². The summed E-state index contributed by atoms with van der Waals surface area (Å²) in [5.41, 5.74) is 1.93. The van der Waals surface area contributed by atoms with Gasteiger partial charge in [0.2, 0.25) is 24.0 Å². The Labute approximate surface area is 265 Å². The molecule has 244 valence electrons. The number of ether oxygens (including phenoxy) is 1. The molecule has 2 N–H and O–H groups in total. The molecule has 1 aromatic carbocycles. The highest BCUT2D eigenvalue weighted by Crippen LogP contribution is 2.19. The van der Waals surface area contributed by atoms with Gasteiger partial charge in [-0.2, -0.15) is 4.98 Å². The Bertz CT molecular complexity index is 1300. The van der Waals surface area contributed by atoms with E-state index in [-0.39, 0.29) is 30.3 Å². The second-order valence-electron chi connectivity index (χ2n) is 11.5. The van der Waals surface area contributed by atoms with E-state index in [9.17, 15) is 19.2 Å². The van der Waals surface area contributed by atoms with Gasteiger partial charge in [0.1, 0.15) is 12.6 Å². The molecular weight excluding hydrogens is 576 g/mol. The molecule has 3 heterocycles. The minimum absolute atomic E-state index is 0.00350. The van der Waals surface area contributed by atoms with Crippen LogP contribution in [-0.4, -0.2) is 69.4 Å². The number of hydrogen-bond donors (Lipinski definition) is 2. The number of likely N-dealkylation sites (tertiary alicyclic amines) is 1. The molecule has 12 nitrogen and oxygen atoms in total. The molecule has 0 saturated carbocycles. The number of rotatable bonds is 11. The Hall–Kier alpha value is -4.61. The first-order valence-corrected chi connectivity index (χ1v) is 15.2. The zero-order valence-corrected chi connectivity index (χ0v) is 27.0. The molecular formula is C33H46N6O6.